The van der Waals surface area contributed by atoms with Crippen molar-refractivity contribution in [1.82, 2.24) is 5.32 Å². The number of phenols is 1. The smallest absolute Gasteiger partial charge is 0.319 e. The third-order valence-electron chi connectivity index (χ3n) is 1.77. The third kappa shape index (κ3) is 3.36. The van der Waals surface area contributed by atoms with E-state index >= 15 is 0 Å². The van der Waals surface area contributed by atoms with Crippen LogP contribution < -0.4 is 10.6 Å². The maximum Gasteiger partial charge on any atom is 0.319 e. The summed E-state index contributed by atoms with van der Waals surface area (Å²) < 4.78 is 0. The summed E-state index contributed by atoms with van der Waals surface area (Å²) in [6.45, 7) is 2.43. The van der Waals surface area contributed by atoms with Crippen LogP contribution in [-0.4, -0.2) is 23.9 Å². The molecule has 0 aromatic heterocycles. The topological polar surface area (TPSA) is 61.4 Å². The molecule has 0 heterocycles. The highest BCUT2D eigenvalue weighted by atomic mass is 32.2. The first-order chi connectivity index (χ1) is 7.17. The molecule has 0 radical (unpaired) electrons. The molecule has 0 atom stereocenters. The summed E-state index contributed by atoms with van der Waals surface area (Å²) in [7, 11) is 0. The van der Waals surface area contributed by atoms with Crippen molar-refractivity contribution in [3.63, 3.8) is 0 Å². The highest BCUT2D eigenvalue weighted by Crippen LogP contribution is 2.29. The Balaban J connectivity index is 2.74. The number of urea groups is 1. The van der Waals surface area contributed by atoms with E-state index in [0.717, 1.165) is 4.90 Å². The van der Waals surface area contributed by atoms with Crippen LogP contribution in [0.15, 0.2) is 23.1 Å². The molecular formula is C10H14N2O2S. The first-order valence-corrected chi connectivity index (χ1v) is 5.81. The van der Waals surface area contributed by atoms with E-state index < -0.39 is 0 Å². The van der Waals surface area contributed by atoms with E-state index in [0.29, 0.717) is 12.2 Å². The van der Waals surface area contributed by atoms with Crippen LogP contribution >= 0.6 is 11.8 Å². The largest absolute Gasteiger partial charge is 0.507 e. The predicted octanol–water partition coefficient (Wildman–Crippen LogP) is 2.26. The van der Waals surface area contributed by atoms with Crippen molar-refractivity contribution in [2.45, 2.75) is 11.8 Å². The van der Waals surface area contributed by atoms with Gasteiger partial charge in [0.25, 0.3) is 0 Å². The highest BCUT2D eigenvalue weighted by Gasteiger charge is 2.03. The second-order valence-corrected chi connectivity index (χ2v) is 3.72. The third-order valence-corrected chi connectivity index (χ3v) is 2.54. The number of rotatable bonds is 3. The zero-order chi connectivity index (χ0) is 11.3. The lowest BCUT2D eigenvalue weighted by Crippen LogP contribution is -2.28. The van der Waals surface area contributed by atoms with Crippen LogP contribution in [0.25, 0.3) is 0 Å². The van der Waals surface area contributed by atoms with Gasteiger partial charge in [-0.1, -0.05) is 0 Å². The average Bonchev–Trinajstić information content (AvgIpc) is 2.21. The quantitative estimate of drug-likeness (QED) is 0.547. The summed E-state index contributed by atoms with van der Waals surface area (Å²) in [5.74, 6) is 0.226. The number of benzene rings is 1. The molecule has 0 saturated carbocycles. The maximum absolute atomic E-state index is 11.2. The van der Waals surface area contributed by atoms with Crippen molar-refractivity contribution in [3.05, 3.63) is 18.2 Å². The molecule has 1 rings (SSSR count). The van der Waals surface area contributed by atoms with Crippen molar-refractivity contribution in [3.8, 4) is 5.75 Å². The molecule has 82 valence electrons. The van der Waals surface area contributed by atoms with Gasteiger partial charge < -0.3 is 15.7 Å². The molecule has 2 amide bonds. The minimum Gasteiger partial charge on any atom is -0.507 e. The highest BCUT2D eigenvalue weighted by molar-refractivity contribution is 7.98. The molecule has 0 aliphatic heterocycles. The van der Waals surface area contributed by atoms with E-state index in [1.165, 1.54) is 11.8 Å². The molecule has 0 spiro atoms. The molecule has 15 heavy (non-hydrogen) atoms. The van der Waals surface area contributed by atoms with Gasteiger partial charge in [-0.15, -0.1) is 11.8 Å². The van der Waals surface area contributed by atoms with Gasteiger partial charge in [-0.2, -0.15) is 0 Å². The molecule has 0 aliphatic rings. The summed E-state index contributed by atoms with van der Waals surface area (Å²) in [4.78, 5) is 11.9. The molecule has 1 aromatic carbocycles. The number of carbonyl (C=O) groups is 1. The van der Waals surface area contributed by atoms with Crippen LogP contribution in [0.2, 0.25) is 0 Å². The molecule has 1 aromatic rings. The van der Waals surface area contributed by atoms with Crippen LogP contribution in [0.1, 0.15) is 6.92 Å². The summed E-state index contributed by atoms with van der Waals surface area (Å²) in [5.41, 5.74) is 0.670. The van der Waals surface area contributed by atoms with Gasteiger partial charge in [0.1, 0.15) is 5.75 Å². The van der Waals surface area contributed by atoms with E-state index in [4.69, 9.17) is 0 Å². The van der Waals surface area contributed by atoms with E-state index in [9.17, 15) is 9.90 Å². The van der Waals surface area contributed by atoms with Gasteiger partial charge in [-0.25, -0.2) is 4.79 Å². The zero-order valence-electron chi connectivity index (χ0n) is 8.70. The van der Waals surface area contributed by atoms with Gasteiger partial charge >= 0.3 is 6.03 Å². The molecule has 4 nitrogen and oxygen atoms in total. The summed E-state index contributed by atoms with van der Waals surface area (Å²) in [6.07, 6.45) is 1.87. The SMILES string of the molecule is CCNC(=O)Nc1ccc(O)c(SC)c1. The van der Waals surface area contributed by atoms with E-state index in [1.807, 2.05) is 13.2 Å². The Morgan fingerprint density at radius 1 is 1.53 bits per heavy atom. The van der Waals surface area contributed by atoms with Gasteiger partial charge in [0, 0.05) is 12.2 Å². The van der Waals surface area contributed by atoms with Gasteiger partial charge in [0.15, 0.2) is 0 Å². The average molecular weight is 226 g/mol. The molecule has 5 heteroatoms. The number of thioether (sulfide) groups is 1. The van der Waals surface area contributed by atoms with Crippen LogP contribution in [-0.2, 0) is 0 Å². The van der Waals surface area contributed by atoms with Crippen molar-refractivity contribution in [2.24, 2.45) is 0 Å². The second-order valence-electron chi connectivity index (χ2n) is 2.87. The first-order valence-electron chi connectivity index (χ1n) is 4.59. The van der Waals surface area contributed by atoms with Crippen LogP contribution in [0.3, 0.4) is 0 Å². The van der Waals surface area contributed by atoms with Crippen molar-refractivity contribution in [1.29, 1.82) is 0 Å². The number of amides is 2. The van der Waals surface area contributed by atoms with E-state index in [-0.39, 0.29) is 11.8 Å². The predicted molar refractivity (Wildman–Crippen MR) is 62.6 cm³/mol. The lowest BCUT2D eigenvalue weighted by atomic mass is 10.3. The zero-order valence-corrected chi connectivity index (χ0v) is 9.52. The maximum atomic E-state index is 11.2. The Morgan fingerprint density at radius 2 is 2.27 bits per heavy atom. The fourth-order valence-electron chi connectivity index (χ4n) is 1.09. The van der Waals surface area contributed by atoms with Crippen molar-refractivity contribution >= 4 is 23.5 Å². The summed E-state index contributed by atoms with van der Waals surface area (Å²) in [6, 6.07) is 4.71. The Kier molecular flexibility index (Phi) is 4.30. The molecular weight excluding hydrogens is 212 g/mol. The molecule has 0 unspecified atom stereocenters. The summed E-state index contributed by atoms with van der Waals surface area (Å²) in [5, 5.41) is 14.7. The summed E-state index contributed by atoms with van der Waals surface area (Å²) >= 11 is 1.43. The standard InChI is InChI=1S/C10H14N2O2S/c1-3-11-10(14)12-7-4-5-8(13)9(6-7)15-2/h4-6,13H,3H2,1-2H3,(H2,11,12,14). The van der Waals surface area contributed by atoms with Crippen molar-refractivity contribution in [2.75, 3.05) is 18.1 Å². The lowest BCUT2D eigenvalue weighted by molar-refractivity contribution is 0.252. The number of hydrogen-bond donors (Lipinski definition) is 3. The first kappa shape index (κ1) is 11.7. The molecule has 0 aliphatic carbocycles. The fraction of sp³-hybridized carbons (Fsp3) is 0.300. The number of phenolic OH excluding ortho intramolecular Hbond substituents is 1. The fourth-order valence-corrected chi connectivity index (χ4v) is 1.61. The Labute approximate surface area is 93.1 Å². The Morgan fingerprint density at radius 3 is 2.87 bits per heavy atom. The van der Waals surface area contributed by atoms with Gasteiger partial charge in [0.05, 0.1) is 4.90 Å². The Bertz CT molecular complexity index is 355. The number of nitrogens with one attached hydrogen (secondary N) is 2. The minimum atomic E-state index is -0.241. The number of hydrogen-bond acceptors (Lipinski definition) is 3. The molecule has 0 fully saturated rings. The number of carbonyl (C=O) groups excluding carboxylic acids is 1. The van der Waals surface area contributed by atoms with Gasteiger partial charge in [-0.3, -0.25) is 0 Å². The molecule has 3 N–H and O–H groups in total. The normalized spacial score (nSPS) is 9.73. The second kappa shape index (κ2) is 5.50. The number of anilines is 1. The van der Waals surface area contributed by atoms with Gasteiger partial charge in [0.2, 0.25) is 0 Å². The minimum absolute atomic E-state index is 0.226. The lowest BCUT2D eigenvalue weighted by Gasteiger charge is -2.07. The molecule has 0 bridgehead atoms. The van der Waals surface area contributed by atoms with E-state index in [2.05, 4.69) is 10.6 Å². The van der Waals surface area contributed by atoms with Gasteiger partial charge in [-0.05, 0) is 31.4 Å². The van der Waals surface area contributed by atoms with Crippen LogP contribution in [0.5, 0.6) is 5.75 Å². The van der Waals surface area contributed by atoms with E-state index in [1.54, 1.807) is 18.2 Å². The van der Waals surface area contributed by atoms with Crippen molar-refractivity contribution < 1.29 is 9.90 Å². The van der Waals surface area contributed by atoms with Crippen LogP contribution in [0.4, 0.5) is 10.5 Å². The Hall–Kier alpha value is -1.36. The molecule has 0 saturated heterocycles. The number of aromatic hydroxyl groups is 1. The van der Waals surface area contributed by atoms with Crippen LogP contribution in [0, 0.1) is 0 Å². The monoisotopic (exact) mass is 226 g/mol.